The first kappa shape index (κ1) is 24.9. The standard InChI is InChI=1S/C26H28ClN3O5S/c1-14-6-4-5-11-29(14)25(31)15-9-10-18-16(12-15)22-17(24(28-18)26(32)33)13-21(23(22)27)36-20-8-3-2-7-19(20)30(34)35/h2-3,7-10,12,14,17,21-24,28H,4-6,11,13H2,1H3,(H,32,33)/t14-,17-,21-,22-,23-,24-/m0/s1. The molecule has 2 heterocycles. The van der Waals surface area contributed by atoms with Gasteiger partial charge >= 0.3 is 5.97 Å². The van der Waals surface area contributed by atoms with Crippen LogP contribution in [-0.2, 0) is 4.79 Å². The number of carboxylic acids is 1. The van der Waals surface area contributed by atoms with E-state index >= 15 is 0 Å². The van der Waals surface area contributed by atoms with Crippen LogP contribution >= 0.6 is 23.4 Å². The van der Waals surface area contributed by atoms with Gasteiger partial charge in [-0.3, -0.25) is 14.9 Å². The number of nitrogens with one attached hydrogen (secondary N) is 1. The van der Waals surface area contributed by atoms with Crippen molar-refractivity contribution in [1.29, 1.82) is 0 Å². The van der Waals surface area contributed by atoms with Crippen molar-refractivity contribution < 1.29 is 19.6 Å². The number of anilines is 1. The zero-order valence-electron chi connectivity index (χ0n) is 19.8. The number of benzene rings is 2. The van der Waals surface area contributed by atoms with E-state index in [-0.39, 0.29) is 34.7 Å². The number of fused-ring (bicyclic) bond motifs is 3. The van der Waals surface area contributed by atoms with Crippen LogP contribution in [0.1, 0.15) is 54.4 Å². The van der Waals surface area contributed by atoms with Crippen LogP contribution in [0.3, 0.4) is 0 Å². The fourth-order valence-electron chi connectivity index (χ4n) is 5.93. The summed E-state index contributed by atoms with van der Waals surface area (Å²) in [7, 11) is 0. The largest absolute Gasteiger partial charge is 0.480 e. The molecule has 0 aromatic heterocycles. The van der Waals surface area contributed by atoms with Gasteiger partial charge in [0, 0.05) is 41.1 Å². The monoisotopic (exact) mass is 529 g/mol. The lowest BCUT2D eigenvalue weighted by molar-refractivity contribution is -0.387. The highest BCUT2D eigenvalue weighted by Gasteiger charge is 2.52. The summed E-state index contributed by atoms with van der Waals surface area (Å²) in [5.41, 5.74) is 2.11. The second kappa shape index (κ2) is 9.94. The zero-order valence-corrected chi connectivity index (χ0v) is 21.4. The molecule has 0 radical (unpaired) electrons. The van der Waals surface area contributed by atoms with Crippen molar-refractivity contribution in [3.05, 3.63) is 63.7 Å². The molecule has 0 spiro atoms. The van der Waals surface area contributed by atoms with Crippen LogP contribution in [0.25, 0.3) is 0 Å². The van der Waals surface area contributed by atoms with Crippen molar-refractivity contribution in [3.8, 4) is 0 Å². The summed E-state index contributed by atoms with van der Waals surface area (Å²) in [4.78, 5) is 39.1. The SMILES string of the molecule is C[C@H]1CCCCN1C(=O)c1ccc2c(c1)[C@@H]1[C@@H](Cl)[C@@H](Sc3ccccc3[N+](=O)[O-])C[C@@H]1[C@@H](C(=O)O)N2. The van der Waals surface area contributed by atoms with Crippen LogP contribution < -0.4 is 5.32 Å². The Morgan fingerprint density at radius 2 is 2.00 bits per heavy atom. The number of nitrogens with zero attached hydrogens (tertiary/aromatic N) is 2. The lowest BCUT2D eigenvalue weighted by Gasteiger charge is -2.37. The average molecular weight is 530 g/mol. The maximum absolute atomic E-state index is 13.4. The summed E-state index contributed by atoms with van der Waals surface area (Å²) in [5.74, 6) is -1.58. The van der Waals surface area contributed by atoms with Crippen molar-refractivity contribution >= 4 is 46.6 Å². The Labute approximate surface area is 218 Å². The number of carbonyl (C=O) groups excluding carboxylic acids is 1. The number of aliphatic carboxylic acids is 1. The predicted molar refractivity (Wildman–Crippen MR) is 139 cm³/mol. The van der Waals surface area contributed by atoms with E-state index < -0.39 is 22.3 Å². The van der Waals surface area contributed by atoms with Gasteiger partial charge in [0.2, 0.25) is 0 Å². The maximum Gasteiger partial charge on any atom is 0.326 e. The minimum absolute atomic E-state index is 0.0121. The number of amides is 1. The molecular formula is C26H28ClN3O5S. The fourth-order valence-corrected chi connectivity index (χ4v) is 7.87. The highest BCUT2D eigenvalue weighted by molar-refractivity contribution is 8.00. The molecule has 2 aromatic carbocycles. The molecule has 190 valence electrons. The maximum atomic E-state index is 13.4. The molecule has 2 aliphatic heterocycles. The van der Waals surface area contributed by atoms with E-state index in [0.717, 1.165) is 31.4 Å². The average Bonchev–Trinajstić information content (AvgIpc) is 3.19. The lowest BCUT2D eigenvalue weighted by atomic mass is 9.79. The Morgan fingerprint density at radius 3 is 2.72 bits per heavy atom. The van der Waals surface area contributed by atoms with E-state index in [1.54, 1.807) is 30.3 Å². The molecule has 10 heteroatoms. The van der Waals surface area contributed by atoms with Gasteiger partial charge in [0.15, 0.2) is 0 Å². The summed E-state index contributed by atoms with van der Waals surface area (Å²) in [6.07, 6.45) is 3.57. The second-order valence-electron chi connectivity index (χ2n) is 9.86. The van der Waals surface area contributed by atoms with Gasteiger partial charge in [-0.25, -0.2) is 4.79 Å². The van der Waals surface area contributed by atoms with Crippen LogP contribution in [0.5, 0.6) is 0 Å². The molecule has 2 N–H and O–H groups in total. The van der Waals surface area contributed by atoms with Gasteiger partial charge in [-0.05, 0) is 68.4 Å². The van der Waals surface area contributed by atoms with Crippen molar-refractivity contribution in [2.75, 3.05) is 11.9 Å². The number of rotatable bonds is 5. The summed E-state index contributed by atoms with van der Waals surface area (Å²) in [5, 5.41) is 24.0. The van der Waals surface area contributed by atoms with Gasteiger partial charge in [0.05, 0.1) is 15.2 Å². The predicted octanol–water partition coefficient (Wildman–Crippen LogP) is 5.36. The number of hydrogen-bond acceptors (Lipinski definition) is 6. The molecule has 2 aromatic rings. The minimum atomic E-state index is -0.960. The van der Waals surface area contributed by atoms with Crippen LogP contribution in [0, 0.1) is 16.0 Å². The van der Waals surface area contributed by atoms with E-state index in [4.69, 9.17) is 11.6 Å². The topological polar surface area (TPSA) is 113 Å². The Morgan fingerprint density at radius 1 is 1.22 bits per heavy atom. The summed E-state index contributed by atoms with van der Waals surface area (Å²) in [6, 6.07) is 11.3. The van der Waals surface area contributed by atoms with Crippen molar-refractivity contribution in [2.24, 2.45) is 5.92 Å². The van der Waals surface area contributed by atoms with Crippen LogP contribution in [0.2, 0.25) is 0 Å². The number of hydrogen-bond donors (Lipinski definition) is 2. The number of likely N-dealkylation sites (tertiary alicyclic amines) is 1. The van der Waals surface area contributed by atoms with Crippen LogP contribution in [-0.4, -0.2) is 56.1 Å². The Balaban J connectivity index is 1.48. The fraction of sp³-hybridized carbons (Fsp3) is 0.462. The molecule has 36 heavy (non-hydrogen) atoms. The highest BCUT2D eigenvalue weighted by Crippen LogP contribution is 2.55. The van der Waals surface area contributed by atoms with Crippen LogP contribution in [0.15, 0.2) is 47.4 Å². The molecule has 1 amide bonds. The molecule has 8 nitrogen and oxygen atoms in total. The first-order chi connectivity index (χ1) is 17.3. The quantitative estimate of drug-likeness (QED) is 0.304. The molecule has 0 bridgehead atoms. The third-order valence-corrected chi connectivity index (χ3v) is 9.84. The Hall–Kier alpha value is -2.78. The normalized spacial score (nSPS) is 29.1. The first-order valence-electron chi connectivity index (χ1n) is 12.2. The Kier molecular flexibility index (Phi) is 6.87. The molecule has 1 saturated heterocycles. The molecule has 0 unspecified atom stereocenters. The highest BCUT2D eigenvalue weighted by atomic mass is 35.5. The van der Waals surface area contributed by atoms with Crippen molar-refractivity contribution in [3.63, 3.8) is 0 Å². The third-order valence-electron chi connectivity index (χ3n) is 7.73. The first-order valence-corrected chi connectivity index (χ1v) is 13.6. The summed E-state index contributed by atoms with van der Waals surface area (Å²) >= 11 is 8.36. The van der Waals surface area contributed by atoms with E-state index in [9.17, 15) is 24.8 Å². The number of nitro benzene ring substituents is 1. The van der Waals surface area contributed by atoms with E-state index in [1.165, 1.54) is 17.8 Å². The van der Waals surface area contributed by atoms with Gasteiger partial charge < -0.3 is 15.3 Å². The molecule has 2 fully saturated rings. The van der Waals surface area contributed by atoms with Crippen molar-refractivity contribution in [1.82, 2.24) is 4.90 Å². The number of carboxylic acid groups (broad SMARTS) is 1. The van der Waals surface area contributed by atoms with Gasteiger partial charge in [-0.2, -0.15) is 0 Å². The molecule has 3 aliphatic rings. The van der Waals surface area contributed by atoms with Crippen molar-refractivity contribution in [2.45, 2.75) is 66.1 Å². The number of halogens is 1. The van der Waals surface area contributed by atoms with Gasteiger partial charge in [0.1, 0.15) is 6.04 Å². The molecule has 1 saturated carbocycles. The lowest BCUT2D eigenvalue weighted by Crippen LogP contribution is -2.43. The molecule has 5 rings (SSSR count). The smallest absolute Gasteiger partial charge is 0.326 e. The number of nitro groups is 1. The number of thioether (sulfide) groups is 1. The minimum Gasteiger partial charge on any atom is -0.480 e. The van der Waals surface area contributed by atoms with Gasteiger partial charge in [-0.1, -0.05) is 12.1 Å². The Bertz CT molecular complexity index is 1210. The second-order valence-corrected chi connectivity index (χ2v) is 11.6. The van der Waals surface area contributed by atoms with Gasteiger partial charge in [0.25, 0.3) is 11.6 Å². The molecule has 1 aliphatic carbocycles. The molecular weight excluding hydrogens is 502 g/mol. The van der Waals surface area contributed by atoms with E-state index in [0.29, 0.717) is 22.6 Å². The molecule has 6 atom stereocenters. The zero-order chi connectivity index (χ0) is 25.6. The van der Waals surface area contributed by atoms with Crippen LogP contribution in [0.4, 0.5) is 11.4 Å². The number of alkyl halides is 1. The van der Waals surface area contributed by atoms with Gasteiger partial charge in [-0.15, -0.1) is 23.4 Å². The number of para-hydroxylation sites is 1. The summed E-state index contributed by atoms with van der Waals surface area (Å²) in [6.45, 7) is 2.80. The number of carbonyl (C=O) groups is 2. The van der Waals surface area contributed by atoms with E-state index in [1.807, 2.05) is 11.0 Å². The third kappa shape index (κ3) is 4.43. The van der Waals surface area contributed by atoms with E-state index in [2.05, 4.69) is 12.2 Å². The summed E-state index contributed by atoms with van der Waals surface area (Å²) < 4.78 is 0. The number of piperidine rings is 1.